The Kier molecular flexibility index (Phi) is 3.28. The van der Waals surface area contributed by atoms with Crippen molar-refractivity contribution < 1.29 is 27.1 Å². The molecule has 2 heterocycles. The summed E-state index contributed by atoms with van der Waals surface area (Å²) in [6.07, 6.45) is -3.33. The first kappa shape index (κ1) is 13.1. The van der Waals surface area contributed by atoms with Crippen LogP contribution < -0.4 is 0 Å². The SMILES string of the molecule is COC(=O)c1ccc(C(F)(F)F)nc1-c1ccco1. The van der Waals surface area contributed by atoms with Crippen LogP contribution in [-0.4, -0.2) is 18.1 Å². The molecule has 0 bridgehead atoms. The van der Waals surface area contributed by atoms with Crippen LogP contribution in [0.4, 0.5) is 13.2 Å². The van der Waals surface area contributed by atoms with E-state index < -0.39 is 17.8 Å². The van der Waals surface area contributed by atoms with Gasteiger partial charge in [-0.25, -0.2) is 9.78 Å². The number of rotatable bonds is 2. The summed E-state index contributed by atoms with van der Waals surface area (Å²) in [4.78, 5) is 14.9. The van der Waals surface area contributed by atoms with Gasteiger partial charge in [-0.2, -0.15) is 13.2 Å². The third-order valence-electron chi connectivity index (χ3n) is 2.35. The number of pyridine rings is 1. The molecule has 2 aromatic heterocycles. The van der Waals surface area contributed by atoms with Crippen molar-refractivity contribution in [2.45, 2.75) is 6.18 Å². The lowest BCUT2D eigenvalue weighted by atomic mass is 10.1. The number of ether oxygens (including phenoxy) is 1. The van der Waals surface area contributed by atoms with E-state index in [0.717, 1.165) is 19.2 Å². The van der Waals surface area contributed by atoms with Crippen LogP contribution in [-0.2, 0) is 10.9 Å². The number of esters is 1. The molecule has 4 nitrogen and oxygen atoms in total. The van der Waals surface area contributed by atoms with Crippen LogP contribution in [0.25, 0.3) is 11.5 Å². The first-order chi connectivity index (χ1) is 8.93. The summed E-state index contributed by atoms with van der Waals surface area (Å²) in [6.45, 7) is 0. The lowest BCUT2D eigenvalue weighted by Crippen LogP contribution is -2.12. The lowest BCUT2D eigenvalue weighted by molar-refractivity contribution is -0.141. The van der Waals surface area contributed by atoms with E-state index in [2.05, 4.69) is 9.72 Å². The molecule has 0 aliphatic heterocycles. The first-order valence-electron chi connectivity index (χ1n) is 5.14. The molecule has 0 saturated heterocycles. The van der Waals surface area contributed by atoms with Gasteiger partial charge in [0, 0.05) is 0 Å². The number of nitrogens with zero attached hydrogens (tertiary/aromatic N) is 1. The van der Waals surface area contributed by atoms with Gasteiger partial charge in [-0.05, 0) is 24.3 Å². The maximum atomic E-state index is 12.6. The normalized spacial score (nSPS) is 11.4. The van der Waals surface area contributed by atoms with E-state index in [9.17, 15) is 18.0 Å². The minimum atomic E-state index is -4.60. The number of alkyl halides is 3. The van der Waals surface area contributed by atoms with E-state index in [1.165, 1.54) is 18.4 Å². The summed E-state index contributed by atoms with van der Waals surface area (Å²) in [5.74, 6) is -0.723. The Morgan fingerprint density at radius 2 is 2.05 bits per heavy atom. The van der Waals surface area contributed by atoms with Crippen molar-refractivity contribution >= 4 is 5.97 Å². The molecule has 0 amide bonds. The average molecular weight is 271 g/mol. The molecular weight excluding hydrogens is 263 g/mol. The van der Waals surface area contributed by atoms with Gasteiger partial charge >= 0.3 is 12.1 Å². The van der Waals surface area contributed by atoms with Crippen molar-refractivity contribution in [3.05, 3.63) is 41.8 Å². The number of furan rings is 1. The summed E-state index contributed by atoms with van der Waals surface area (Å²) in [6, 6.07) is 4.63. The maximum absolute atomic E-state index is 12.6. The fourth-order valence-corrected chi connectivity index (χ4v) is 1.49. The Morgan fingerprint density at radius 3 is 2.58 bits per heavy atom. The molecule has 19 heavy (non-hydrogen) atoms. The Labute approximate surface area is 105 Å². The Morgan fingerprint density at radius 1 is 1.32 bits per heavy atom. The van der Waals surface area contributed by atoms with Crippen LogP contribution in [0, 0.1) is 0 Å². The van der Waals surface area contributed by atoms with Gasteiger partial charge in [0.25, 0.3) is 0 Å². The number of hydrogen-bond acceptors (Lipinski definition) is 4. The number of carbonyl (C=O) groups is 1. The first-order valence-corrected chi connectivity index (χ1v) is 5.14. The van der Waals surface area contributed by atoms with Gasteiger partial charge in [0.2, 0.25) is 0 Å². The van der Waals surface area contributed by atoms with Crippen molar-refractivity contribution in [2.75, 3.05) is 7.11 Å². The number of methoxy groups -OCH3 is 1. The molecule has 2 rings (SSSR count). The van der Waals surface area contributed by atoms with Gasteiger partial charge in [-0.3, -0.25) is 0 Å². The monoisotopic (exact) mass is 271 g/mol. The molecule has 0 atom stereocenters. The second-order valence-electron chi connectivity index (χ2n) is 3.56. The fraction of sp³-hybridized carbons (Fsp3) is 0.167. The van der Waals surface area contributed by atoms with Crippen LogP contribution in [0.2, 0.25) is 0 Å². The number of hydrogen-bond donors (Lipinski definition) is 0. The molecule has 0 fully saturated rings. The Hall–Kier alpha value is -2.31. The lowest BCUT2D eigenvalue weighted by Gasteiger charge is -2.09. The second kappa shape index (κ2) is 4.75. The van der Waals surface area contributed by atoms with Gasteiger partial charge in [-0.15, -0.1) is 0 Å². The number of halogens is 3. The van der Waals surface area contributed by atoms with Gasteiger partial charge in [0.15, 0.2) is 5.76 Å². The van der Waals surface area contributed by atoms with Crippen molar-refractivity contribution in [1.29, 1.82) is 0 Å². The molecule has 0 aliphatic carbocycles. The summed E-state index contributed by atoms with van der Waals surface area (Å²) in [7, 11) is 1.13. The smallest absolute Gasteiger partial charge is 0.433 e. The third-order valence-corrected chi connectivity index (χ3v) is 2.35. The predicted molar refractivity (Wildman–Crippen MR) is 58.3 cm³/mol. The predicted octanol–water partition coefficient (Wildman–Crippen LogP) is 3.15. The molecule has 0 N–H and O–H groups in total. The maximum Gasteiger partial charge on any atom is 0.433 e. The zero-order valence-electron chi connectivity index (χ0n) is 9.69. The van der Waals surface area contributed by atoms with E-state index >= 15 is 0 Å². The van der Waals surface area contributed by atoms with E-state index in [1.807, 2.05) is 0 Å². The highest BCUT2D eigenvalue weighted by molar-refractivity contribution is 5.95. The van der Waals surface area contributed by atoms with Crippen molar-refractivity contribution in [1.82, 2.24) is 4.98 Å². The minimum Gasteiger partial charge on any atom is -0.465 e. The van der Waals surface area contributed by atoms with Crippen LogP contribution in [0.1, 0.15) is 16.1 Å². The highest BCUT2D eigenvalue weighted by atomic mass is 19.4. The average Bonchev–Trinajstić information content (AvgIpc) is 2.89. The minimum absolute atomic E-state index is 0.0616. The van der Waals surface area contributed by atoms with Crippen molar-refractivity contribution in [3.63, 3.8) is 0 Å². The highest BCUT2D eigenvalue weighted by Crippen LogP contribution is 2.31. The quantitative estimate of drug-likeness (QED) is 0.787. The standard InChI is InChI=1S/C12H8F3NO3/c1-18-11(17)7-4-5-9(12(13,14)15)16-10(7)8-3-2-6-19-8/h2-6H,1H3. The van der Waals surface area contributed by atoms with E-state index in [-0.39, 0.29) is 17.0 Å². The van der Waals surface area contributed by atoms with Crippen LogP contribution >= 0.6 is 0 Å². The summed E-state index contributed by atoms with van der Waals surface area (Å²) in [5.41, 5.74) is -1.40. The molecule has 7 heteroatoms. The van der Waals surface area contributed by atoms with E-state index in [0.29, 0.717) is 0 Å². The van der Waals surface area contributed by atoms with Gasteiger partial charge in [0.05, 0.1) is 18.9 Å². The van der Waals surface area contributed by atoms with Gasteiger partial charge < -0.3 is 9.15 Å². The zero-order valence-corrected chi connectivity index (χ0v) is 9.69. The topological polar surface area (TPSA) is 52.3 Å². The summed E-state index contributed by atoms with van der Waals surface area (Å²) >= 11 is 0. The molecule has 0 radical (unpaired) electrons. The Bertz CT molecular complexity index is 591. The van der Waals surface area contributed by atoms with E-state index in [1.54, 1.807) is 0 Å². The Balaban J connectivity index is 2.61. The van der Waals surface area contributed by atoms with Crippen LogP contribution in [0.3, 0.4) is 0 Å². The molecule has 2 aromatic rings. The van der Waals surface area contributed by atoms with Crippen LogP contribution in [0.5, 0.6) is 0 Å². The number of carbonyl (C=O) groups excluding carboxylic acids is 1. The molecule has 0 aromatic carbocycles. The van der Waals surface area contributed by atoms with Crippen LogP contribution in [0.15, 0.2) is 34.9 Å². The zero-order chi connectivity index (χ0) is 14.0. The second-order valence-corrected chi connectivity index (χ2v) is 3.56. The number of aromatic nitrogens is 1. The van der Waals surface area contributed by atoms with Crippen molar-refractivity contribution in [3.8, 4) is 11.5 Å². The molecule has 100 valence electrons. The summed E-state index contributed by atoms with van der Waals surface area (Å²) < 4.78 is 47.3. The molecule has 0 spiro atoms. The molecular formula is C12H8F3NO3. The highest BCUT2D eigenvalue weighted by Gasteiger charge is 2.34. The largest absolute Gasteiger partial charge is 0.465 e. The molecule has 0 aliphatic rings. The van der Waals surface area contributed by atoms with Crippen molar-refractivity contribution in [2.24, 2.45) is 0 Å². The fourth-order valence-electron chi connectivity index (χ4n) is 1.49. The molecule has 0 saturated carbocycles. The van der Waals surface area contributed by atoms with Gasteiger partial charge in [-0.1, -0.05) is 0 Å². The molecule has 0 unspecified atom stereocenters. The summed E-state index contributed by atoms with van der Waals surface area (Å²) in [5, 5.41) is 0. The van der Waals surface area contributed by atoms with Gasteiger partial charge in [0.1, 0.15) is 11.4 Å². The van der Waals surface area contributed by atoms with E-state index in [4.69, 9.17) is 4.42 Å². The third kappa shape index (κ3) is 2.59.